The monoisotopic (exact) mass is 237 g/mol. The van der Waals surface area contributed by atoms with Gasteiger partial charge in [0.25, 0.3) is 0 Å². The third-order valence-electron chi connectivity index (χ3n) is 3.27. The van der Waals surface area contributed by atoms with Gasteiger partial charge in [0.05, 0.1) is 0 Å². The van der Waals surface area contributed by atoms with Crippen LogP contribution in [-0.2, 0) is 11.2 Å². The van der Waals surface area contributed by atoms with Gasteiger partial charge >= 0.3 is 0 Å². The van der Waals surface area contributed by atoms with Gasteiger partial charge in [-0.1, -0.05) is 19.3 Å². The first-order valence-corrected chi connectivity index (χ1v) is 7.09. The van der Waals surface area contributed by atoms with Gasteiger partial charge in [-0.3, -0.25) is 4.79 Å². The average Bonchev–Trinajstić information content (AvgIpc) is 2.83. The maximum atomic E-state index is 11.8. The van der Waals surface area contributed by atoms with Crippen LogP contribution in [0, 0.1) is 5.92 Å². The van der Waals surface area contributed by atoms with E-state index in [1.54, 1.807) is 11.3 Å². The van der Waals surface area contributed by atoms with Crippen LogP contribution in [0.1, 0.15) is 37.7 Å². The second-order valence-corrected chi connectivity index (χ2v) is 5.29. The maximum Gasteiger partial charge on any atom is 0.223 e. The van der Waals surface area contributed by atoms with Crippen molar-refractivity contribution in [2.45, 2.75) is 38.5 Å². The molecule has 0 saturated heterocycles. The van der Waals surface area contributed by atoms with Gasteiger partial charge in [-0.15, -0.1) is 0 Å². The van der Waals surface area contributed by atoms with Crippen LogP contribution in [-0.4, -0.2) is 12.5 Å². The molecule has 2 nitrogen and oxygen atoms in total. The Hall–Kier alpha value is -0.830. The molecule has 0 unspecified atom stereocenters. The molecule has 88 valence electrons. The molecule has 1 aromatic heterocycles. The SMILES string of the molecule is O=C(NCCc1ccsc1)C1CCCCC1. The van der Waals surface area contributed by atoms with Crippen LogP contribution in [0.4, 0.5) is 0 Å². The second kappa shape index (κ2) is 6.04. The zero-order valence-electron chi connectivity index (χ0n) is 9.58. The normalized spacial score (nSPS) is 17.2. The minimum atomic E-state index is 0.273. The Bertz CT molecular complexity index is 315. The fourth-order valence-corrected chi connectivity index (χ4v) is 2.98. The van der Waals surface area contributed by atoms with Crippen molar-refractivity contribution in [3.63, 3.8) is 0 Å². The standard InChI is InChI=1S/C13H19NOS/c15-13(12-4-2-1-3-5-12)14-8-6-11-7-9-16-10-11/h7,9-10,12H,1-6,8H2,(H,14,15). The van der Waals surface area contributed by atoms with E-state index in [1.165, 1.54) is 24.8 Å². The first kappa shape index (κ1) is 11.6. The largest absolute Gasteiger partial charge is 0.356 e. The minimum Gasteiger partial charge on any atom is -0.356 e. The quantitative estimate of drug-likeness (QED) is 0.857. The third-order valence-corrected chi connectivity index (χ3v) is 4.00. The summed E-state index contributed by atoms with van der Waals surface area (Å²) < 4.78 is 0. The van der Waals surface area contributed by atoms with Crippen LogP contribution in [0.25, 0.3) is 0 Å². The molecule has 1 aromatic rings. The van der Waals surface area contributed by atoms with Crippen LogP contribution in [0.2, 0.25) is 0 Å². The molecule has 1 amide bonds. The van der Waals surface area contributed by atoms with E-state index in [-0.39, 0.29) is 11.8 Å². The van der Waals surface area contributed by atoms with Crippen molar-refractivity contribution in [2.75, 3.05) is 6.54 Å². The highest BCUT2D eigenvalue weighted by Gasteiger charge is 2.20. The van der Waals surface area contributed by atoms with Gasteiger partial charge in [-0.2, -0.15) is 11.3 Å². The number of hydrogen-bond donors (Lipinski definition) is 1. The van der Waals surface area contributed by atoms with Gasteiger partial charge in [0.1, 0.15) is 0 Å². The van der Waals surface area contributed by atoms with E-state index in [2.05, 4.69) is 22.1 Å². The topological polar surface area (TPSA) is 29.1 Å². The summed E-state index contributed by atoms with van der Waals surface area (Å²) in [5.41, 5.74) is 1.33. The van der Waals surface area contributed by atoms with E-state index >= 15 is 0 Å². The molecule has 1 heterocycles. The zero-order valence-corrected chi connectivity index (χ0v) is 10.4. The Kier molecular flexibility index (Phi) is 4.40. The fraction of sp³-hybridized carbons (Fsp3) is 0.615. The van der Waals surface area contributed by atoms with Crippen molar-refractivity contribution in [3.8, 4) is 0 Å². The Labute approximate surface area is 101 Å². The molecular formula is C13H19NOS. The number of carbonyl (C=O) groups excluding carboxylic acids is 1. The highest BCUT2D eigenvalue weighted by atomic mass is 32.1. The third kappa shape index (κ3) is 3.34. The Balaban J connectivity index is 1.67. The van der Waals surface area contributed by atoms with Gasteiger partial charge < -0.3 is 5.32 Å². The molecule has 0 aliphatic heterocycles. The Morgan fingerprint density at radius 3 is 2.88 bits per heavy atom. The molecule has 0 bridgehead atoms. The summed E-state index contributed by atoms with van der Waals surface area (Å²) in [5.74, 6) is 0.561. The summed E-state index contributed by atoms with van der Waals surface area (Å²) in [5, 5.41) is 7.28. The minimum absolute atomic E-state index is 0.273. The van der Waals surface area contributed by atoms with Crippen LogP contribution >= 0.6 is 11.3 Å². The van der Waals surface area contributed by atoms with Gasteiger partial charge in [0.15, 0.2) is 0 Å². The fourth-order valence-electron chi connectivity index (χ4n) is 2.27. The molecule has 0 aromatic carbocycles. The molecule has 0 atom stereocenters. The van der Waals surface area contributed by atoms with E-state index < -0.39 is 0 Å². The lowest BCUT2D eigenvalue weighted by Gasteiger charge is -2.20. The molecule has 0 radical (unpaired) electrons. The lowest BCUT2D eigenvalue weighted by atomic mass is 9.89. The lowest BCUT2D eigenvalue weighted by Crippen LogP contribution is -2.33. The van der Waals surface area contributed by atoms with Crippen LogP contribution in [0.5, 0.6) is 0 Å². The lowest BCUT2D eigenvalue weighted by molar-refractivity contribution is -0.125. The Morgan fingerprint density at radius 1 is 1.38 bits per heavy atom. The number of amides is 1. The zero-order chi connectivity index (χ0) is 11.2. The van der Waals surface area contributed by atoms with Crippen LogP contribution in [0.15, 0.2) is 16.8 Å². The maximum absolute atomic E-state index is 11.8. The van der Waals surface area contributed by atoms with E-state index in [4.69, 9.17) is 0 Å². The van der Waals surface area contributed by atoms with Gasteiger partial charge in [-0.25, -0.2) is 0 Å². The van der Waals surface area contributed by atoms with Crippen molar-refractivity contribution >= 4 is 17.2 Å². The predicted octanol–water partition coefficient (Wildman–Crippen LogP) is 2.99. The molecule has 1 aliphatic rings. The van der Waals surface area contributed by atoms with Crippen LogP contribution < -0.4 is 5.32 Å². The Morgan fingerprint density at radius 2 is 2.19 bits per heavy atom. The van der Waals surface area contributed by atoms with Gasteiger partial charge in [0.2, 0.25) is 5.91 Å². The average molecular weight is 237 g/mol. The summed E-state index contributed by atoms with van der Waals surface area (Å²) in [4.78, 5) is 11.8. The van der Waals surface area contributed by atoms with Crippen LogP contribution in [0.3, 0.4) is 0 Å². The summed E-state index contributed by atoms with van der Waals surface area (Å²) in [6.45, 7) is 0.784. The van der Waals surface area contributed by atoms with Gasteiger partial charge in [-0.05, 0) is 41.7 Å². The highest BCUT2D eigenvalue weighted by Crippen LogP contribution is 2.23. The molecule has 3 heteroatoms. The number of hydrogen-bond acceptors (Lipinski definition) is 2. The molecule has 1 aliphatic carbocycles. The molecule has 16 heavy (non-hydrogen) atoms. The van der Waals surface area contributed by atoms with Crippen molar-refractivity contribution < 1.29 is 4.79 Å². The van der Waals surface area contributed by atoms with E-state index in [0.29, 0.717) is 0 Å². The van der Waals surface area contributed by atoms with E-state index in [1.807, 2.05) is 0 Å². The number of carbonyl (C=O) groups is 1. The summed E-state index contributed by atoms with van der Waals surface area (Å²) in [6, 6.07) is 2.12. The summed E-state index contributed by atoms with van der Waals surface area (Å²) in [7, 11) is 0. The van der Waals surface area contributed by atoms with Crippen molar-refractivity contribution in [2.24, 2.45) is 5.92 Å². The number of nitrogens with one attached hydrogen (secondary N) is 1. The molecule has 0 spiro atoms. The number of thiophene rings is 1. The van der Waals surface area contributed by atoms with E-state index in [9.17, 15) is 4.79 Å². The first-order chi connectivity index (χ1) is 7.86. The first-order valence-electron chi connectivity index (χ1n) is 6.15. The molecule has 1 saturated carbocycles. The van der Waals surface area contributed by atoms with Gasteiger partial charge in [0, 0.05) is 12.5 Å². The predicted molar refractivity (Wildman–Crippen MR) is 67.6 cm³/mol. The van der Waals surface area contributed by atoms with Crippen molar-refractivity contribution in [3.05, 3.63) is 22.4 Å². The van der Waals surface area contributed by atoms with Crippen molar-refractivity contribution in [1.82, 2.24) is 5.32 Å². The molecule has 2 rings (SSSR count). The molecule has 1 fully saturated rings. The second-order valence-electron chi connectivity index (χ2n) is 4.51. The molecule has 1 N–H and O–H groups in total. The van der Waals surface area contributed by atoms with E-state index in [0.717, 1.165) is 25.8 Å². The smallest absolute Gasteiger partial charge is 0.223 e. The molecular weight excluding hydrogens is 218 g/mol. The van der Waals surface area contributed by atoms with Crippen molar-refractivity contribution in [1.29, 1.82) is 0 Å². The summed E-state index contributed by atoms with van der Waals surface area (Å²) >= 11 is 1.71. The number of rotatable bonds is 4. The highest BCUT2D eigenvalue weighted by molar-refractivity contribution is 7.07. The summed E-state index contributed by atoms with van der Waals surface area (Å²) in [6.07, 6.45) is 6.89.